The minimum Gasteiger partial charge on any atom is -0.510 e. The SMILES string of the molecule is CCC1OC(=O)CC(O)C(C)C(O[C@@H]2O[C@H](C)C[C@H](N(C)C)[C@H]2O)C(CC=O)CC(C)C(=O)/C=C/C2(C)OC2C1C.CN(C)[C@@H]1C(O)=C(C(=O)NCN2CCCC2)C(=O)[C@@]2(O)C(O)=C3C(=O)c4c(O)cccc4[C@@](C)(O)[C@H]3C[C@@H]12. The zero-order valence-corrected chi connectivity index (χ0v) is 47.5. The monoisotopic (exact) mass is 1110 g/mol. The summed E-state index contributed by atoms with van der Waals surface area (Å²) < 4.78 is 24.2. The number of aliphatic hydroxyl groups excluding tert-OH is 4. The van der Waals surface area contributed by atoms with E-state index < -0.39 is 135 Å². The lowest BCUT2D eigenvalue weighted by Crippen LogP contribution is -2.65. The fourth-order valence-corrected chi connectivity index (χ4v) is 13.2. The number of hydrogen-bond donors (Lipinski definition) is 8. The molecule has 79 heavy (non-hydrogen) atoms. The van der Waals surface area contributed by atoms with Crippen LogP contribution < -0.4 is 5.32 Å². The summed E-state index contributed by atoms with van der Waals surface area (Å²) in [5.74, 6) is -9.48. The molecule has 3 fully saturated rings. The molecule has 0 saturated carbocycles. The van der Waals surface area contributed by atoms with Crippen LogP contribution in [0.5, 0.6) is 5.75 Å². The Hall–Kier alpha value is -4.94. The number of carbonyl (C=O) groups excluding carboxylic acids is 6. The number of likely N-dealkylation sites (tertiary alicyclic amines) is 1. The average Bonchev–Trinajstić information content (AvgIpc) is 3.97. The van der Waals surface area contributed by atoms with Crippen molar-refractivity contribution in [3.05, 3.63) is 64.1 Å². The molecule has 0 bridgehead atoms. The Kier molecular flexibility index (Phi) is 18.9. The summed E-state index contributed by atoms with van der Waals surface area (Å²) in [6.07, 6.45) is 2.41. The maximum atomic E-state index is 13.8. The Bertz CT molecular complexity index is 2570. The molecule has 18 atom stereocenters. The van der Waals surface area contributed by atoms with Crippen molar-refractivity contribution in [1.29, 1.82) is 0 Å². The second-order valence-electron chi connectivity index (χ2n) is 23.9. The number of allylic oxidation sites excluding steroid dienone is 1. The van der Waals surface area contributed by atoms with Crippen molar-refractivity contribution < 1.29 is 83.5 Å². The predicted molar refractivity (Wildman–Crippen MR) is 286 cm³/mol. The van der Waals surface area contributed by atoms with Crippen molar-refractivity contribution in [3.8, 4) is 5.75 Å². The van der Waals surface area contributed by atoms with Crippen molar-refractivity contribution in [2.75, 3.05) is 47.9 Å². The number of ether oxygens (including phenoxy) is 4. The smallest absolute Gasteiger partial charge is 0.308 e. The first-order chi connectivity index (χ1) is 37.0. The van der Waals surface area contributed by atoms with E-state index >= 15 is 0 Å². The van der Waals surface area contributed by atoms with Gasteiger partial charge in [-0.25, -0.2) is 0 Å². The number of hydrogen-bond acceptors (Lipinski definition) is 20. The van der Waals surface area contributed by atoms with E-state index in [1.54, 1.807) is 33.2 Å². The van der Waals surface area contributed by atoms with Crippen LogP contribution in [0.3, 0.4) is 0 Å². The predicted octanol–water partition coefficient (Wildman–Crippen LogP) is 3.14. The Morgan fingerprint density at radius 3 is 2.23 bits per heavy atom. The van der Waals surface area contributed by atoms with E-state index in [0.717, 1.165) is 32.2 Å². The molecule has 21 heteroatoms. The molecule has 0 radical (unpaired) electrons. The van der Waals surface area contributed by atoms with Gasteiger partial charge in [-0.3, -0.25) is 33.8 Å². The Morgan fingerprint density at radius 2 is 1.61 bits per heavy atom. The van der Waals surface area contributed by atoms with Crippen molar-refractivity contribution >= 4 is 35.5 Å². The molecule has 0 aromatic heterocycles. The molecule has 4 heterocycles. The Morgan fingerprint density at radius 1 is 0.937 bits per heavy atom. The maximum Gasteiger partial charge on any atom is 0.308 e. The standard InChI is InChI=1S/C31H51NO9.C27H33N3O8/c1-9-25-20(5)29-31(6,41-29)12-10-23(34)17(2)14-21(11-13-33)28(19(4)24(35)16-26(36)39-25)40-30-27(37)22(32(7)8)15-18(3)38-30;1-26(37)13-7-6-8-16(31)17(13)21(32)18-14(26)11-15-20(29(2)3)22(33)19(24(35)27(15,38)23(18)34)25(36)28-12-30-9-4-5-10-30/h10,12-13,17-22,24-25,27-30,35,37H,9,11,14-16H2,1-8H3;6-8,14-15,20,31,33-34,37-38H,4-5,9-12H2,1-3H3,(H,28,36)/b12-10+;/t17?,18-,19?,20?,21?,22+,24?,25?,27-,28?,29?,30+,31?;14-,15-,20-,26+,27-/m10/s1. The molecule has 438 valence electrons. The van der Waals surface area contributed by atoms with Gasteiger partial charge in [0.1, 0.15) is 46.9 Å². The van der Waals surface area contributed by atoms with Crippen LogP contribution in [0.1, 0.15) is 116 Å². The number of phenols is 1. The first-order valence-corrected chi connectivity index (χ1v) is 27.8. The second-order valence-corrected chi connectivity index (χ2v) is 23.9. The normalized spacial score (nSPS) is 39.7. The summed E-state index contributed by atoms with van der Waals surface area (Å²) in [5.41, 5.74) is -6.29. The number of aldehydes is 1. The van der Waals surface area contributed by atoms with Crippen LogP contribution in [0.4, 0.5) is 0 Å². The highest BCUT2D eigenvalue weighted by Crippen LogP contribution is 2.57. The Balaban J connectivity index is 0.000000229. The van der Waals surface area contributed by atoms with Crippen molar-refractivity contribution in [2.45, 2.75) is 172 Å². The van der Waals surface area contributed by atoms with Crippen molar-refractivity contribution in [2.24, 2.45) is 35.5 Å². The molecule has 1 amide bonds. The van der Waals surface area contributed by atoms with Crippen LogP contribution in [0.25, 0.3) is 0 Å². The minimum absolute atomic E-state index is 0.0707. The summed E-state index contributed by atoms with van der Waals surface area (Å²) in [6.45, 7) is 14.4. The highest BCUT2D eigenvalue weighted by molar-refractivity contribution is 6.25. The lowest BCUT2D eigenvalue weighted by Gasteiger charge is -2.52. The highest BCUT2D eigenvalue weighted by Gasteiger charge is 2.66. The van der Waals surface area contributed by atoms with Crippen LogP contribution in [-0.4, -0.2) is 200 Å². The molecule has 3 saturated heterocycles. The van der Waals surface area contributed by atoms with Crippen molar-refractivity contribution in [1.82, 2.24) is 20.0 Å². The number of epoxide rings is 1. The summed E-state index contributed by atoms with van der Waals surface area (Å²) in [7, 11) is 6.93. The number of benzene rings is 1. The number of likely N-dealkylation sites (N-methyl/N-ethyl adjacent to an activating group) is 2. The van der Waals surface area contributed by atoms with Gasteiger partial charge in [-0.1, -0.05) is 39.8 Å². The van der Waals surface area contributed by atoms with Crippen molar-refractivity contribution in [3.63, 3.8) is 0 Å². The van der Waals surface area contributed by atoms with Gasteiger partial charge >= 0.3 is 5.97 Å². The lowest BCUT2D eigenvalue weighted by atomic mass is 9.55. The average molecular weight is 1110 g/mol. The number of nitrogens with one attached hydrogen (secondary N) is 1. The van der Waals surface area contributed by atoms with Gasteiger partial charge in [0.15, 0.2) is 23.5 Å². The van der Waals surface area contributed by atoms with Gasteiger partial charge in [-0.05, 0) is 130 Å². The number of ketones is 3. The van der Waals surface area contributed by atoms with Crippen LogP contribution in [0.15, 0.2) is 53.0 Å². The zero-order valence-electron chi connectivity index (χ0n) is 47.5. The van der Waals surface area contributed by atoms with E-state index in [2.05, 4.69) is 5.32 Å². The topological polar surface area (TPSA) is 306 Å². The van der Waals surface area contributed by atoms with E-state index in [0.29, 0.717) is 19.3 Å². The highest BCUT2D eigenvalue weighted by atomic mass is 16.7. The van der Waals surface area contributed by atoms with Crippen LogP contribution in [0.2, 0.25) is 0 Å². The molecule has 8 N–H and O–H groups in total. The fourth-order valence-electron chi connectivity index (χ4n) is 13.2. The number of aromatic hydroxyl groups is 1. The van der Waals surface area contributed by atoms with E-state index in [4.69, 9.17) is 18.9 Å². The summed E-state index contributed by atoms with van der Waals surface area (Å²) in [5, 5.41) is 81.6. The molecular formula is C58H84N4O17. The number of esters is 1. The second kappa shape index (κ2) is 24.3. The largest absolute Gasteiger partial charge is 0.510 e. The molecule has 9 unspecified atom stereocenters. The molecule has 4 aliphatic heterocycles. The number of phenolic OH excluding ortho intramolecular Hbond substituents is 1. The quantitative estimate of drug-likeness (QED) is 0.0722. The van der Waals surface area contributed by atoms with Gasteiger partial charge in [0.05, 0.1) is 54.7 Å². The molecule has 3 aliphatic carbocycles. The van der Waals surface area contributed by atoms with Gasteiger partial charge < -0.3 is 69.7 Å². The molecule has 8 rings (SSSR count). The van der Waals surface area contributed by atoms with Crippen LogP contribution in [-0.2, 0) is 48.5 Å². The fraction of sp³-hybridized carbons (Fsp3) is 0.690. The van der Waals surface area contributed by atoms with Crippen LogP contribution in [0, 0.1) is 35.5 Å². The molecule has 0 spiro atoms. The van der Waals surface area contributed by atoms with E-state index in [1.165, 1.54) is 30.0 Å². The molecule has 21 nitrogen and oxygen atoms in total. The van der Waals surface area contributed by atoms with Gasteiger partial charge in [0, 0.05) is 47.6 Å². The lowest BCUT2D eigenvalue weighted by molar-refractivity contribution is -0.283. The van der Waals surface area contributed by atoms with Gasteiger partial charge in [0.2, 0.25) is 5.78 Å². The maximum absolute atomic E-state index is 13.8. The van der Waals surface area contributed by atoms with E-state index in [9.17, 15) is 64.5 Å². The Labute approximate surface area is 462 Å². The molecule has 7 aliphatic rings. The van der Waals surface area contributed by atoms with E-state index in [-0.39, 0.29) is 67.0 Å². The van der Waals surface area contributed by atoms with Gasteiger partial charge in [-0.15, -0.1) is 0 Å². The number of Topliss-reactive ketones (excluding diaryl/α,β-unsaturated/α-hetero) is 2. The van der Waals surface area contributed by atoms with Crippen LogP contribution >= 0.6 is 0 Å². The van der Waals surface area contributed by atoms with Gasteiger partial charge in [0.25, 0.3) is 5.91 Å². The zero-order chi connectivity index (χ0) is 58.4. The number of cyclic esters (lactones) is 1. The summed E-state index contributed by atoms with van der Waals surface area (Å²) in [4.78, 5) is 84.0. The number of carbonyl (C=O) groups is 6. The number of fused-ring (bicyclic) bond motifs is 4. The number of aliphatic hydroxyl groups is 6. The van der Waals surface area contributed by atoms with E-state index in [1.807, 2.05) is 58.5 Å². The summed E-state index contributed by atoms with van der Waals surface area (Å²) in [6, 6.07) is 2.94. The minimum atomic E-state index is -2.72. The molecular weight excluding hydrogens is 1020 g/mol. The first-order valence-electron chi connectivity index (χ1n) is 27.8. The van der Waals surface area contributed by atoms with Gasteiger partial charge in [-0.2, -0.15) is 0 Å². The third-order valence-electron chi connectivity index (χ3n) is 18.0. The number of rotatable bonds is 10. The molecule has 1 aromatic carbocycles. The third kappa shape index (κ3) is 12.0. The summed E-state index contributed by atoms with van der Waals surface area (Å²) >= 11 is 0. The molecule has 1 aromatic rings. The third-order valence-corrected chi connectivity index (χ3v) is 18.0. The number of amides is 1. The first kappa shape index (κ1) is 61.7. The number of nitrogens with zero attached hydrogens (tertiary/aromatic N) is 3.